The molecule has 1 aliphatic rings. The van der Waals surface area contributed by atoms with Crippen molar-refractivity contribution >= 4 is 11.0 Å². The summed E-state index contributed by atoms with van der Waals surface area (Å²) in [6.45, 7) is 3.60. The smallest absolute Gasteiger partial charge is 0.163 e. The third-order valence-electron chi connectivity index (χ3n) is 4.12. The van der Waals surface area contributed by atoms with Crippen LogP contribution in [-0.2, 0) is 6.54 Å². The predicted molar refractivity (Wildman–Crippen MR) is 90.9 cm³/mol. The van der Waals surface area contributed by atoms with Gasteiger partial charge in [-0.25, -0.2) is 4.98 Å². The van der Waals surface area contributed by atoms with E-state index in [9.17, 15) is 5.26 Å². The van der Waals surface area contributed by atoms with Gasteiger partial charge in [0, 0.05) is 24.2 Å². The van der Waals surface area contributed by atoms with Crippen LogP contribution in [0.3, 0.4) is 0 Å². The van der Waals surface area contributed by atoms with E-state index < -0.39 is 0 Å². The fraction of sp³-hybridized carbons (Fsp3) is 0.263. The first kappa shape index (κ1) is 14.6. The topological polar surface area (TPSA) is 60.1 Å². The molecule has 0 N–H and O–H groups in total. The molecule has 5 heteroatoms. The van der Waals surface area contributed by atoms with Crippen molar-refractivity contribution in [2.24, 2.45) is 5.92 Å². The normalized spacial score (nSPS) is 14.3. The molecule has 0 saturated heterocycles. The molecule has 0 radical (unpaired) electrons. The van der Waals surface area contributed by atoms with Crippen molar-refractivity contribution in [3.8, 4) is 29.0 Å². The number of nitrogens with zero attached hydrogens (tertiary/aromatic N) is 3. The number of hydrogen-bond donors (Lipinski definition) is 0. The second-order valence-corrected chi connectivity index (χ2v) is 5.93. The molecular formula is C19H17N3O2. The van der Waals surface area contributed by atoms with Gasteiger partial charge in [-0.2, -0.15) is 5.26 Å². The van der Waals surface area contributed by atoms with E-state index in [0.717, 1.165) is 33.9 Å². The Hall–Kier alpha value is -3.00. The molecule has 0 spiro atoms. The van der Waals surface area contributed by atoms with Crippen LogP contribution in [0.15, 0.2) is 42.5 Å². The Bertz CT molecular complexity index is 925. The Morgan fingerprint density at radius 3 is 2.58 bits per heavy atom. The number of rotatable bonds is 3. The van der Waals surface area contributed by atoms with E-state index in [0.29, 0.717) is 19.8 Å². The molecule has 1 atom stereocenters. The molecule has 0 amide bonds. The quantitative estimate of drug-likeness (QED) is 0.739. The molecule has 2 heterocycles. The third-order valence-corrected chi connectivity index (χ3v) is 4.12. The molecule has 0 fully saturated rings. The van der Waals surface area contributed by atoms with Gasteiger partial charge in [0.25, 0.3) is 0 Å². The van der Waals surface area contributed by atoms with Crippen molar-refractivity contribution < 1.29 is 9.47 Å². The fourth-order valence-corrected chi connectivity index (χ4v) is 2.97. The van der Waals surface area contributed by atoms with Gasteiger partial charge in [0.1, 0.15) is 19.0 Å². The number of nitriles is 1. The maximum absolute atomic E-state index is 9.23. The molecule has 1 aliphatic heterocycles. The fourth-order valence-electron chi connectivity index (χ4n) is 2.97. The van der Waals surface area contributed by atoms with Gasteiger partial charge in [0.15, 0.2) is 11.5 Å². The molecule has 24 heavy (non-hydrogen) atoms. The van der Waals surface area contributed by atoms with Crippen LogP contribution in [0.1, 0.15) is 6.92 Å². The molecule has 3 aromatic rings. The van der Waals surface area contributed by atoms with Crippen LogP contribution < -0.4 is 9.47 Å². The van der Waals surface area contributed by atoms with Crippen molar-refractivity contribution in [1.29, 1.82) is 5.26 Å². The lowest BCUT2D eigenvalue weighted by Crippen LogP contribution is -2.15. The Morgan fingerprint density at radius 2 is 1.88 bits per heavy atom. The zero-order valence-corrected chi connectivity index (χ0v) is 13.4. The lowest BCUT2D eigenvalue weighted by molar-refractivity contribution is 0.172. The van der Waals surface area contributed by atoms with Crippen molar-refractivity contribution in [3.05, 3.63) is 42.5 Å². The van der Waals surface area contributed by atoms with Crippen LogP contribution in [0.25, 0.3) is 22.4 Å². The summed E-state index contributed by atoms with van der Waals surface area (Å²) >= 11 is 0. The number of imidazole rings is 1. The first-order valence-electron chi connectivity index (χ1n) is 8.01. The first-order chi connectivity index (χ1) is 11.8. The summed E-state index contributed by atoms with van der Waals surface area (Å²) in [6.07, 6.45) is 0. The average molecular weight is 319 g/mol. The Morgan fingerprint density at radius 1 is 1.17 bits per heavy atom. The zero-order chi connectivity index (χ0) is 16.5. The maximum atomic E-state index is 9.23. The molecular weight excluding hydrogens is 302 g/mol. The molecule has 1 unspecified atom stereocenters. The molecule has 0 saturated carbocycles. The van der Waals surface area contributed by atoms with Gasteiger partial charge in [-0.05, 0) is 6.92 Å². The largest absolute Gasteiger partial charge is 0.486 e. The van der Waals surface area contributed by atoms with Crippen LogP contribution in [0.4, 0.5) is 0 Å². The molecule has 1 aromatic heterocycles. The van der Waals surface area contributed by atoms with Crippen molar-refractivity contribution in [1.82, 2.24) is 9.55 Å². The lowest BCUT2D eigenvalue weighted by atomic mass is 10.1. The van der Waals surface area contributed by atoms with Gasteiger partial charge in [-0.1, -0.05) is 30.3 Å². The Kier molecular flexibility index (Phi) is 3.58. The summed E-state index contributed by atoms with van der Waals surface area (Å²) in [6, 6.07) is 16.2. The molecule has 4 rings (SSSR count). The molecule has 5 nitrogen and oxygen atoms in total. The van der Waals surface area contributed by atoms with Gasteiger partial charge in [0.2, 0.25) is 0 Å². The maximum Gasteiger partial charge on any atom is 0.163 e. The zero-order valence-electron chi connectivity index (χ0n) is 13.4. The molecule has 120 valence electrons. The van der Waals surface area contributed by atoms with Crippen molar-refractivity contribution in [2.45, 2.75) is 13.5 Å². The van der Waals surface area contributed by atoms with E-state index in [1.807, 2.05) is 49.4 Å². The SMILES string of the molecule is CC(C#N)Cn1c(-c2ccccc2)nc2cc3c(cc21)OCCO3. The standard InChI is InChI=1S/C19H17N3O2/c1-13(11-20)12-22-16-10-18-17(23-7-8-24-18)9-15(16)21-19(22)14-5-3-2-4-6-14/h2-6,9-10,13H,7-8,12H2,1H3. The minimum atomic E-state index is -0.113. The van der Waals surface area contributed by atoms with E-state index in [1.54, 1.807) is 0 Å². The second-order valence-electron chi connectivity index (χ2n) is 5.93. The van der Waals surface area contributed by atoms with Crippen LogP contribution in [-0.4, -0.2) is 22.8 Å². The third kappa shape index (κ3) is 2.46. The van der Waals surface area contributed by atoms with E-state index in [2.05, 4.69) is 10.6 Å². The number of aromatic nitrogens is 2. The van der Waals surface area contributed by atoms with Crippen LogP contribution in [0, 0.1) is 17.2 Å². The minimum Gasteiger partial charge on any atom is -0.486 e. The molecule has 0 bridgehead atoms. The van der Waals surface area contributed by atoms with Gasteiger partial charge < -0.3 is 14.0 Å². The highest BCUT2D eigenvalue weighted by atomic mass is 16.6. The Balaban J connectivity index is 1.93. The van der Waals surface area contributed by atoms with Crippen molar-refractivity contribution in [3.63, 3.8) is 0 Å². The second kappa shape index (κ2) is 5.89. The molecule has 0 aliphatic carbocycles. The summed E-state index contributed by atoms with van der Waals surface area (Å²) in [7, 11) is 0. The molecule has 2 aromatic carbocycles. The van der Waals surface area contributed by atoms with E-state index >= 15 is 0 Å². The monoisotopic (exact) mass is 319 g/mol. The summed E-state index contributed by atoms with van der Waals surface area (Å²) in [4.78, 5) is 4.80. The highest BCUT2D eigenvalue weighted by Crippen LogP contribution is 2.36. The summed E-state index contributed by atoms with van der Waals surface area (Å²) in [5.41, 5.74) is 2.84. The van der Waals surface area contributed by atoms with Gasteiger partial charge in [-0.15, -0.1) is 0 Å². The number of benzene rings is 2. The van der Waals surface area contributed by atoms with Gasteiger partial charge in [0.05, 0.1) is 23.0 Å². The highest BCUT2D eigenvalue weighted by molar-refractivity contribution is 5.84. The summed E-state index contributed by atoms with van der Waals surface area (Å²) < 4.78 is 13.5. The number of ether oxygens (including phenoxy) is 2. The van der Waals surface area contributed by atoms with Crippen LogP contribution in [0.5, 0.6) is 11.5 Å². The average Bonchev–Trinajstić information content (AvgIpc) is 2.98. The minimum absolute atomic E-state index is 0.113. The van der Waals surface area contributed by atoms with Crippen LogP contribution in [0.2, 0.25) is 0 Å². The van der Waals surface area contributed by atoms with Gasteiger partial charge >= 0.3 is 0 Å². The highest BCUT2D eigenvalue weighted by Gasteiger charge is 2.19. The van der Waals surface area contributed by atoms with E-state index in [1.165, 1.54) is 0 Å². The predicted octanol–water partition coefficient (Wildman–Crippen LogP) is 3.63. The summed E-state index contributed by atoms with van der Waals surface area (Å²) in [5, 5.41) is 9.23. The lowest BCUT2D eigenvalue weighted by Gasteiger charge is -2.18. The van der Waals surface area contributed by atoms with Gasteiger partial charge in [-0.3, -0.25) is 0 Å². The van der Waals surface area contributed by atoms with Crippen LogP contribution >= 0.6 is 0 Å². The Labute approximate surface area is 140 Å². The number of fused-ring (bicyclic) bond motifs is 2. The first-order valence-corrected chi connectivity index (χ1v) is 8.01. The van der Waals surface area contributed by atoms with E-state index in [-0.39, 0.29) is 5.92 Å². The number of hydrogen-bond acceptors (Lipinski definition) is 4. The van der Waals surface area contributed by atoms with Crippen molar-refractivity contribution in [2.75, 3.05) is 13.2 Å². The summed E-state index contributed by atoms with van der Waals surface area (Å²) in [5.74, 6) is 2.21. The van der Waals surface area contributed by atoms with E-state index in [4.69, 9.17) is 14.5 Å².